The van der Waals surface area contributed by atoms with Gasteiger partial charge in [0.05, 0.1) is 10.6 Å². The van der Waals surface area contributed by atoms with Crippen molar-refractivity contribution in [2.24, 2.45) is 5.92 Å². The maximum atomic E-state index is 12.5. The van der Waals surface area contributed by atoms with Crippen molar-refractivity contribution < 1.29 is 14.4 Å². The fourth-order valence-corrected chi connectivity index (χ4v) is 3.89. The first-order valence-electron chi connectivity index (χ1n) is 8.02. The molecule has 2 aliphatic rings. The summed E-state index contributed by atoms with van der Waals surface area (Å²) >= 11 is 6.17. The average molecular weight is 350 g/mol. The molecular weight excluding hydrogens is 330 g/mol. The van der Waals surface area contributed by atoms with Gasteiger partial charge in [-0.15, -0.1) is 0 Å². The molecule has 1 aliphatic heterocycles. The molecule has 24 heavy (non-hydrogen) atoms. The predicted octanol–water partition coefficient (Wildman–Crippen LogP) is 2.06. The second kappa shape index (κ2) is 6.09. The van der Waals surface area contributed by atoms with Crippen LogP contribution in [0.2, 0.25) is 5.02 Å². The summed E-state index contributed by atoms with van der Waals surface area (Å²) in [7, 11) is 0. The number of amides is 4. The Morgan fingerprint density at radius 1 is 1.33 bits per heavy atom. The number of nitrogens with one attached hydrogen (secondary N) is 3. The van der Waals surface area contributed by atoms with E-state index in [1.54, 1.807) is 12.1 Å². The normalized spacial score (nSPS) is 25.7. The Bertz CT molecular complexity index is 734. The Morgan fingerprint density at radius 3 is 2.71 bits per heavy atom. The Kier molecular flexibility index (Phi) is 4.25. The van der Waals surface area contributed by atoms with E-state index in [2.05, 4.69) is 16.0 Å². The molecule has 1 saturated carbocycles. The summed E-state index contributed by atoms with van der Waals surface area (Å²) in [6, 6.07) is 3.07. The maximum absolute atomic E-state index is 12.5. The molecule has 2 atom stereocenters. The van der Waals surface area contributed by atoms with Crippen LogP contribution in [0.25, 0.3) is 0 Å². The first kappa shape index (κ1) is 16.8. The van der Waals surface area contributed by atoms with Crippen LogP contribution in [0.5, 0.6) is 0 Å². The molecule has 1 aromatic rings. The number of hydrogen-bond acceptors (Lipinski definition) is 3. The number of benzene rings is 1. The van der Waals surface area contributed by atoms with E-state index < -0.39 is 11.6 Å². The highest BCUT2D eigenvalue weighted by Gasteiger charge is 2.54. The second-order valence-corrected chi connectivity index (χ2v) is 7.00. The zero-order valence-corrected chi connectivity index (χ0v) is 14.4. The van der Waals surface area contributed by atoms with Gasteiger partial charge in [-0.3, -0.25) is 14.9 Å². The Balaban J connectivity index is 1.72. The third kappa shape index (κ3) is 2.75. The standard InChI is InChI=1S/C17H20ClN3O3/c1-9-6-12(13(18)7-10(9)2)14(22)19-8-11-4-3-5-17(11)15(23)20-16(24)21-17/h6-7,11H,3-5,8H2,1-2H3,(H,19,22)(H2,20,21,23,24)/t11-,17-/m1/s1. The van der Waals surface area contributed by atoms with Crippen LogP contribution in [0.3, 0.4) is 0 Å². The van der Waals surface area contributed by atoms with Crippen LogP contribution in [0.15, 0.2) is 12.1 Å². The lowest BCUT2D eigenvalue weighted by atomic mass is 9.87. The quantitative estimate of drug-likeness (QED) is 0.730. The zero-order valence-electron chi connectivity index (χ0n) is 13.7. The summed E-state index contributed by atoms with van der Waals surface area (Å²) < 4.78 is 0. The number of carbonyl (C=O) groups excluding carboxylic acids is 3. The summed E-state index contributed by atoms with van der Waals surface area (Å²) in [5, 5.41) is 8.31. The smallest absolute Gasteiger partial charge is 0.322 e. The molecule has 3 N–H and O–H groups in total. The Morgan fingerprint density at radius 2 is 2.04 bits per heavy atom. The van der Waals surface area contributed by atoms with Crippen LogP contribution in [0.4, 0.5) is 4.79 Å². The van der Waals surface area contributed by atoms with E-state index in [4.69, 9.17) is 11.6 Å². The maximum Gasteiger partial charge on any atom is 0.322 e. The average Bonchev–Trinajstić information content (AvgIpc) is 3.04. The summed E-state index contributed by atoms with van der Waals surface area (Å²) in [5.41, 5.74) is 1.55. The molecule has 4 amide bonds. The molecule has 0 aromatic heterocycles. The van der Waals surface area contributed by atoms with Gasteiger partial charge < -0.3 is 10.6 Å². The predicted molar refractivity (Wildman–Crippen MR) is 90.0 cm³/mol. The SMILES string of the molecule is Cc1cc(Cl)c(C(=O)NC[C@H]2CCC[C@@]23NC(=O)NC3=O)cc1C. The fraction of sp³-hybridized carbons (Fsp3) is 0.471. The highest BCUT2D eigenvalue weighted by atomic mass is 35.5. The molecule has 2 fully saturated rings. The third-order valence-corrected chi connectivity index (χ3v) is 5.44. The highest BCUT2D eigenvalue weighted by Crippen LogP contribution is 2.37. The van der Waals surface area contributed by atoms with Crippen LogP contribution >= 0.6 is 11.6 Å². The third-order valence-electron chi connectivity index (χ3n) is 5.13. The molecule has 0 radical (unpaired) electrons. The summed E-state index contributed by atoms with van der Waals surface area (Å²) in [4.78, 5) is 36.1. The minimum atomic E-state index is -0.892. The van der Waals surface area contributed by atoms with Crippen LogP contribution in [0, 0.1) is 19.8 Å². The van der Waals surface area contributed by atoms with Gasteiger partial charge in [0, 0.05) is 12.5 Å². The fourth-order valence-electron chi connectivity index (χ4n) is 3.59. The van der Waals surface area contributed by atoms with Crippen molar-refractivity contribution >= 4 is 29.4 Å². The molecule has 1 saturated heterocycles. The van der Waals surface area contributed by atoms with Gasteiger partial charge >= 0.3 is 6.03 Å². The van der Waals surface area contributed by atoms with Crippen LogP contribution in [-0.4, -0.2) is 29.9 Å². The summed E-state index contributed by atoms with van der Waals surface area (Å²) in [6.45, 7) is 4.18. The van der Waals surface area contributed by atoms with Gasteiger partial charge in [0.25, 0.3) is 11.8 Å². The van der Waals surface area contributed by atoms with E-state index in [1.165, 1.54) is 0 Å². The first-order chi connectivity index (χ1) is 11.3. The zero-order chi connectivity index (χ0) is 17.5. The molecule has 3 rings (SSSR count). The van der Waals surface area contributed by atoms with Gasteiger partial charge in [-0.2, -0.15) is 0 Å². The van der Waals surface area contributed by atoms with E-state index in [9.17, 15) is 14.4 Å². The first-order valence-corrected chi connectivity index (χ1v) is 8.40. The Hall–Kier alpha value is -2.08. The van der Waals surface area contributed by atoms with Crippen LogP contribution in [-0.2, 0) is 4.79 Å². The molecule has 1 heterocycles. The molecule has 0 bridgehead atoms. The van der Waals surface area contributed by atoms with Crippen molar-refractivity contribution in [3.63, 3.8) is 0 Å². The molecule has 6 nitrogen and oxygen atoms in total. The molecule has 1 aromatic carbocycles. The van der Waals surface area contributed by atoms with E-state index >= 15 is 0 Å². The van der Waals surface area contributed by atoms with Crippen molar-refractivity contribution in [1.29, 1.82) is 0 Å². The van der Waals surface area contributed by atoms with Gasteiger partial charge in [0.2, 0.25) is 0 Å². The van der Waals surface area contributed by atoms with Gasteiger partial charge in [-0.1, -0.05) is 18.0 Å². The lowest BCUT2D eigenvalue weighted by molar-refractivity contribution is -0.125. The minimum absolute atomic E-state index is 0.127. The second-order valence-electron chi connectivity index (χ2n) is 6.60. The number of halogens is 1. The van der Waals surface area contributed by atoms with E-state index in [1.807, 2.05) is 13.8 Å². The number of urea groups is 1. The van der Waals surface area contributed by atoms with Crippen molar-refractivity contribution in [1.82, 2.24) is 16.0 Å². The van der Waals surface area contributed by atoms with E-state index in [0.29, 0.717) is 23.6 Å². The van der Waals surface area contributed by atoms with Gasteiger partial charge in [-0.25, -0.2) is 4.79 Å². The highest BCUT2D eigenvalue weighted by molar-refractivity contribution is 6.34. The topological polar surface area (TPSA) is 87.3 Å². The molecule has 1 spiro atoms. The number of hydrogen-bond donors (Lipinski definition) is 3. The van der Waals surface area contributed by atoms with Crippen molar-refractivity contribution in [3.8, 4) is 0 Å². The monoisotopic (exact) mass is 349 g/mol. The number of rotatable bonds is 3. The molecular formula is C17H20ClN3O3. The van der Waals surface area contributed by atoms with E-state index in [-0.39, 0.29) is 17.7 Å². The van der Waals surface area contributed by atoms with Crippen molar-refractivity contribution in [2.45, 2.75) is 38.6 Å². The lowest BCUT2D eigenvalue weighted by Gasteiger charge is -2.28. The summed E-state index contributed by atoms with van der Waals surface area (Å²) in [5.74, 6) is -0.693. The molecule has 128 valence electrons. The van der Waals surface area contributed by atoms with Gasteiger partial charge in [0.1, 0.15) is 5.54 Å². The lowest BCUT2D eigenvalue weighted by Crippen LogP contribution is -2.53. The molecule has 7 heteroatoms. The summed E-state index contributed by atoms with van der Waals surface area (Å²) in [6.07, 6.45) is 2.20. The van der Waals surface area contributed by atoms with Crippen LogP contribution < -0.4 is 16.0 Å². The number of aryl methyl sites for hydroxylation is 2. The largest absolute Gasteiger partial charge is 0.352 e. The molecule has 0 unspecified atom stereocenters. The van der Waals surface area contributed by atoms with Crippen LogP contribution in [0.1, 0.15) is 40.7 Å². The van der Waals surface area contributed by atoms with Gasteiger partial charge in [-0.05, 0) is 49.9 Å². The molecule has 1 aliphatic carbocycles. The number of carbonyl (C=O) groups is 3. The van der Waals surface area contributed by atoms with Crippen molar-refractivity contribution in [3.05, 3.63) is 33.8 Å². The minimum Gasteiger partial charge on any atom is -0.352 e. The van der Waals surface area contributed by atoms with Crippen molar-refractivity contribution in [2.75, 3.05) is 6.54 Å². The Labute approximate surface area is 145 Å². The van der Waals surface area contributed by atoms with E-state index in [0.717, 1.165) is 24.0 Å². The number of imide groups is 1. The van der Waals surface area contributed by atoms with Gasteiger partial charge in [0.15, 0.2) is 0 Å².